The molecule has 0 aromatic heterocycles. The molecule has 0 bridgehead atoms. The fourth-order valence-electron chi connectivity index (χ4n) is 5.32. The molecule has 3 aliphatic carbocycles. The zero-order chi connectivity index (χ0) is 22.8. The van der Waals surface area contributed by atoms with Crippen LogP contribution >= 0.6 is 0 Å². The zero-order valence-corrected chi connectivity index (χ0v) is 17.3. The van der Waals surface area contributed by atoms with Crippen LogP contribution < -0.4 is 5.73 Å². The van der Waals surface area contributed by atoms with Crippen molar-refractivity contribution in [1.82, 2.24) is 0 Å². The van der Waals surface area contributed by atoms with Gasteiger partial charge in [-0.1, -0.05) is 19.9 Å². The predicted molar refractivity (Wildman–Crippen MR) is 110 cm³/mol. The van der Waals surface area contributed by atoms with E-state index in [1.165, 1.54) is 6.07 Å². The third-order valence-corrected chi connectivity index (χ3v) is 7.12. The van der Waals surface area contributed by atoms with Crippen molar-refractivity contribution in [2.24, 2.45) is 17.6 Å². The minimum atomic E-state index is -2.53. The van der Waals surface area contributed by atoms with E-state index in [0.29, 0.717) is 12.0 Å². The molecule has 0 fully saturated rings. The Bertz CT molecular complexity index is 1100. The molecule has 1 amide bonds. The van der Waals surface area contributed by atoms with E-state index in [2.05, 4.69) is 0 Å². The molecular weight excluding hydrogens is 402 g/mol. The number of phenolic OH excluding ortho intramolecular Hbond substituents is 1. The number of aromatic hydroxyl groups is 1. The zero-order valence-electron chi connectivity index (χ0n) is 17.3. The molecule has 8 heteroatoms. The monoisotopic (exact) mass is 427 g/mol. The summed E-state index contributed by atoms with van der Waals surface area (Å²) in [7, 11) is 0. The normalized spacial score (nSPS) is 28.7. The highest BCUT2D eigenvalue weighted by Crippen LogP contribution is 2.52. The summed E-state index contributed by atoms with van der Waals surface area (Å²) >= 11 is 0. The maximum absolute atomic E-state index is 13.4. The van der Waals surface area contributed by atoms with Crippen molar-refractivity contribution in [3.8, 4) is 5.75 Å². The van der Waals surface area contributed by atoms with Gasteiger partial charge in [-0.2, -0.15) is 0 Å². The van der Waals surface area contributed by atoms with Gasteiger partial charge in [0, 0.05) is 17.9 Å². The highest BCUT2D eigenvalue weighted by molar-refractivity contribution is 6.24. The van der Waals surface area contributed by atoms with Crippen molar-refractivity contribution in [3.63, 3.8) is 0 Å². The molecule has 0 aliphatic heterocycles. The van der Waals surface area contributed by atoms with Crippen molar-refractivity contribution in [1.29, 1.82) is 0 Å². The fourth-order valence-corrected chi connectivity index (χ4v) is 5.32. The minimum absolute atomic E-state index is 0.0643. The summed E-state index contributed by atoms with van der Waals surface area (Å²) in [6.45, 7) is 4.04. The first kappa shape index (κ1) is 21.1. The van der Waals surface area contributed by atoms with Gasteiger partial charge in [0.25, 0.3) is 5.91 Å². The van der Waals surface area contributed by atoms with E-state index in [0.717, 1.165) is 12.0 Å². The number of amides is 1. The number of hydrogen-bond donors (Lipinski definition) is 5. The number of hydrogen-bond acceptors (Lipinski definition) is 7. The number of rotatable bonds is 3. The Labute approximate surface area is 178 Å². The van der Waals surface area contributed by atoms with Crippen molar-refractivity contribution in [2.75, 3.05) is 0 Å². The quantitative estimate of drug-likeness (QED) is 0.462. The van der Waals surface area contributed by atoms with Crippen LogP contribution in [-0.4, -0.2) is 43.5 Å². The van der Waals surface area contributed by atoms with Crippen LogP contribution in [0, 0.1) is 11.8 Å². The van der Waals surface area contributed by atoms with Gasteiger partial charge in [-0.05, 0) is 48.3 Å². The molecule has 0 saturated carbocycles. The number of carbonyl (C=O) groups excluding carboxylic acids is 3. The lowest BCUT2D eigenvalue weighted by Gasteiger charge is -2.45. The van der Waals surface area contributed by atoms with E-state index in [1.54, 1.807) is 6.07 Å². The summed E-state index contributed by atoms with van der Waals surface area (Å²) in [4.78, 5) is 37.9. The highest BCUT2D eigenvalue weighted by Gasteiger charge is 2.59. The summed E-state index contributed by atoms with van der Waals surface area (Å²) in [5.41, 5.74) is 3.45. The highest BCUT2D eigenvalue weighted by atomic mass is 16.3. The number of ketones is 2. The van der Waals surface area contributed by atoms with Crippen LogP contribution in [0.1, 0.15) is 60.5 Å². The molecule has 164 valence electrons. The lowest BCUT2D eigenvalue weighted by Crippen LogP contribution is -2.57. The number of Topliss-reactive ketones (excluding diaryl/α,β-unsaturated/α-hetero) is 2. The number of aliphatic hydroxyl groups is 3. The Hall–Kier alpha value is -3.13. The van der Waals surface area contributed by atoms with Crippen molar-refractivity contribution in [2.45, 2.75) is 51.0 Å². The Morgan fingerprint density at radius 3 is 2.52 bits per heavy atom. The number of aliphatic hydroxyl groups excluding tert-OH is 2. The summed E-state index contributed by atoms with van der Waals surface area (Å²) in [5, 5.41) is 42.8. The smallest absolute Gasteiger partial charge is 0.255 e. The number of phenols is 1. The summed E-state index contributed by atoms with van der Waals surface area (Å²) in [5.74, 6) is -5.95. The van der Waals surface area contributed by atoms with Gasteiger partial charge in [0.15, 0.2) is 11.4 Å². The van der Waals surface area contributed by atoms with Crippen LogP contribution in [0.25, 0.3) is 0 Å². The van der Waals surface area contributed by atoms with Gasteiger partial charge in [0.05, 0.1) is 5.56 Å². The van der Waals surface area contributed by atoms with Gasteiger partial charge < -0.3 is 26.2 Å². The molecule has 0 saturated heterocycles. The van der Waals surface area contributed by atoms with E-state index in [4.69, 9.17) is 5.73 Å². The molecule has 8 nitrogen and oxygen atoms in total. The van der Waals surface area contributed by atoms with Gasteiger partial charge in [-0.25, -0.2) is 0 Å². The third-order valence-electron chi connectivity index (χ3n) is 7.12. The number of fused-ring (bicyclic) bond motifs is 3. The maximum Gasteiger partial charge on any atom is 0.255 e. The predicted octanol–water partition coefficient (Wildman–Crippen LogP) is 2.09. The van der Waals surface area contributed by atoms with Crippen LogP contribution in [0.4, 0.5) is 0 Å². The topological polar surface area (TPSA) is 158 Å². The summed E-state index contributed by atoms with van der Waals surface area (Å²) in [6.07, 6.45) is 1.07. The minimum Gasteiger partial charge on any atom is -0.511 e. The molecule has 0 spiro atoms. The molecule has 31 heavy (non-hydrogen) atoms. The van der Waals surface area contributed by atoms with E-state index in [9.17, 15) is 34.8 Å². The van der Waals surface area contributed by atoms with E-state index < -0.39 is 52.0 Å². The number of primary amides is 1. The second-order valence-electron chi connectivity index (χ2n) is 8.75. The van der Waals surface area contributed by atoms with Crippen LogP contribution in [0.2, 0.25) is 0 Å². The Morgan fingerprint density at radius 2 is 1.90 bits per heavy atom. The Balaban J connectivity index is 1.91. The van der Waals surface area contributed by atoms with Gasteiger partial charge in [0.2, 0.25) is 5.78 Å². The molecule has 4 atom stereocenters. The van der Waals surface area contributed by atoms with Crippen LogP contribution in [0.3, 0.4) is 0 Å². The number of nitrogens with two attached hydrogens (primary N) is 1. The Morgan fingerprint density at radius 1 is 1.23 bits per heavy atom. The van der Waals surface area contributed by atoms with Crippen molar-refractivity contribution in [3.05, 3.63) is 51.5 Å². The fraction of sp³-hybridized carbons (Fsp3) is 0.435. The van der Waals surface area contributed by atoms with Crippen molar-refractivity contribution < 1.29 is 34.8 Å². The molecule has 1 aromatic rings. The Kier molecular flexibility index (Phi) is 4.73. The van der Waals surface area contributed by atoms with Crippen LogP contribution in [0.15, 0.2) is 34.8 Å². The molecule has 1 aromatic carbocycles. The second-order valence-corrected chi connectivity index (χ2v) is 8.75. The average molecular weight is 427 g/mol. The first-order chi connectivity index (χ1) is 14.5. The molecule has 4 rings (SSSR count). The van der Waals surface area contributed by atoms with Gasteiger partial charge in [0.1, 0.15) is 22.8 Å². The molecule has 0 heterocycles. The first-order valence-corrected chi connectivity index (χ1v) is 10.4. The van der Waals surface area contributed by atoms with Gasteiger partial charge >= 0.3 is 0 Å². The second kappa shape index (κ2) is 6.95. The first-order valence-electron chi connectivity index (χ1n) is 10.4. The molecular formula is C23H25NO7. The SMILES string of the molecule is CCC(C)c1ccc(O)c2c1C[C@H]1C[C@H]3CC(O)=C(C(N)=O)C(=O)[C@@]3(O)C(O)=C1C2=O. The molecule has 3 aliphatic rings. The maximum atomic E-state index is 13.4. The van der Waals surface area contributed by atoms with Crippen LogP contribution in [-0.2, 0) is 16.0 Å². The van der Waals surface area contributed by atoms with E-state index in [-0.39, 0.29) is 35.6 Å². The largest absolute Gasteiger partial charge is 0.511 e. The van der Waals surface area contributed by atoms with Gasteiger partial charge in [-0.15, -0.1) is 0 Å². The summed E-state index contributed by atoms with van der Waals surface area (Å²) < 4.78 is 0. The van der Waals surface area contributed by atoms with E-state index >= 15 is 0 Å². The summed E-state index contributed by atoms with van der Waals surface area (Å²) in [6, 6.07) is 3.23. The average Bonchev–Trinajstić information content (AvgIpc) is 2.70. The third kappa shape index (κ3) is 2.74. The van der Waals surface area contributed by atoms with Gasteiger partial charge in [-0.3, -0.25) is 14.4 Å². The molecule has 6 N–H and O–H groups in total. The number of carbonyl (C=O) groups is 3. The standard InChI is InChI=1S/C23H25NO7/c1-3-9(2)12-4-5-14(25)17-13(12)7-10-6-11-8-15(26)18(22(24)30)21(29)23(11,31)20(28)16(10)19(17)27/h4-5,9-11,25-26,28,31H,3,6-8H2,1-2H3,(H2,24,30)/t9?,10-,11+,23+/m1/s1. The van der Waals surface area contributed by atoms with E-state index in [1.807, 2.05) is 13.8 Å². The lowest BCUT2D eigenvalue weighted by molar-refractivity contribution is -0.144. The van der Waals surface area contributed by atoms with Crippen LogP contribution in [0.5, 0.6) is 5.75 Å². The molecule has 1 unspecified atom stereocenters. The lowest BCUT2D eigenvalue weighted by atomic mass is 9.60. The number of allylic oxidation sites excluding steroid dienone is 2. The number of benzene rings is 1. The molecule has 0 radical (unpaired) electrons. The van der Waals surface area contributed by atoms with Crippen molar-refractivity contribution >= 4 is 17.5 Å².